The van der Waals surface area contributed by atoms with E-state index in [1.165, 1.54) is 0 Å². The third-order valence-corrected chi connectivity index (χ3v) is 4.74. The lowest BCUT2D eigenvalue weighted by Gasteiger charge is -2.31. The number of rotatable bonds is 6. The molecule has 2 fully saturated rings. The van der Waals surface area contributed by atoms with Gasteiger partial charge >= 0.3 is 0 Å². The lowest BCUT2D eigenvalue weighted by Crippen LogP contribution is -2.48. The van der Waals surface area contributed by atoms with Gasteiger partial charge in [-0.25, -0.2) is 0 Å². The van der Waals surface area contributed by atoms with E-state index in [1.807, 2.05) is 36.1 Å². The van der Waals surface area contributed by atoms with E-state index in [0.29, 0.717) is 25.6 Å². The SMILES string of the molecule is COc1ccccc1CN(C(=O)[C@H](C)N1CCCC1=O)C1CC1. The quantitative estimate of drug-likeness (QED) is 0.808. The van der Waals surface area contributed by atoms with Crippen molar-refractivity contribution in [2.24, 2.45) is 0 Å². The van der Waals surface area contributed by atoms with Gasteiger partial charge in [0.25, 0.3) is 0 Å². The normalized spacial score (nSPS) is 18.9. The maximum Gasteiger partial charge on any atom is 0.245 e. The molecule has 0 spiro atoms. The van der Waals surface area contributed by atoms with Gasteiger partial charge in [0.15, 0.2) is 0 Å². The zero-order valence-corrected chi connectivity index (χ0v) is 13.8. The maximum absolute atomic E-state index is 13.0. The van der Waals surface area contributed by atoms with Crippen LogP contribution in [0.1, 0.15) is 38.2 Å². The van der Waals surface area contributed by atoms with E-state index in [-0.39, 0.29) is 17.9 Å². The fourth-order valence-electron chi connectivity index (χ4n) is 3.24. The number of ether oxygens (including phenoxy) is 1. The maximum atomic E-state index is 13.0. The number of methoxy groups -OCH3 is 1. The highest BCUT2D eigenvalue weighted by Crippen LogP contribution is 2.31. The zero-order valence-electron chi connectivity index (χ0n) is 13.8. The molecule has 1 saturated carbocycles. The first-order valence-electron chi connectivity index (χ1n) is 8.33. The van der Waals surface area contributed by atoms with Gasteiger partial charge < -0.3 is 14.5 Å². The van der Waals surface area contributed by atoms with Gasteiger partial charge in [-0.15, -0.1) is 0 Å². The Bertz CT molecular complexity index is 598. The van der Waals surface area contributed by atoms with Crippen LogP contribution in [0.4, 0.5) is 0 Å². The van der Waals surface area contributed by atoms with Gasteiger partial charge in [0.1, 0.15) is 11.8 Å². The van der Waals surface area contributed by atoms with Crippen molar-refractivity contribution in [3.63, 3.8) is 0 Å². The summed E-state index contributed by atoms with van der Waals surface area (Å²) in [6.07, 6.45) is 3.50. The number of carbonyl (C=O) groups excluding carboxylic acids is 2. The van der Waals surface area contributed by atoms with Crippen LogP contribution in [-0.2, 0) is 16.1 Å². The fourth-order valence-corrected chi connectivity index (χ4v) is 3.24. The molecular weight excluding hydrogens is 292 g/mol. The van der Waals surface area contributed by atoms with E-state index in [4.69, 9.17) is 4.74 Å². The van der Waals surface area contributed by atoms with Crippen LogP contribution in [0.25, 0.3) is 0 Å². The molecule has 1 heterocycles. The summed E-state index contributed by atoms with van der Waals surface area (Å²) < 4.78 is 5.40. The third-order valence-electron chi connectivity index (χ3n) is 4.74. The van der Waals surface area contributed by atoms with Crippen molar-refractivity contribution in [3.05, 3.63) is 29.8 Å². The highest BCUT2D eigenvalue weighted by Gasteiger charge is 2.38. The van der Waals surface area contributed by atoms with E-state index < -0.39 is 0 Å². The molecule has 1 atom stereocenters. The minimum Gasteiger partial charge on any atom is -0.496 e. The van der Waals surface area contributed by atoms with Crippen molar-refractivity contribution in [2.75, 3.05) is 13.7 Å². The van der Waals surface area contributed by atoms with E-state index in [1.54, 1.807) is 12.0 Å². The van der Waals surface area contributed by atoms with Gasteiger partial charge in [0.05, 0.1) is 7.11 Å². The van der Waals surface area contributed by atoms with Crippen molar-refractivity contribution in [3.8, 4) is 5.75 Å². The number of nitrogens with zero attached hydrogens (tertiary/aromatic N) is 2. The average molecular weight is 316 g/mol. The largest absolute Gasteiger partial charge is 0.496 e. The molecule has 0 aromatic heterocycles. The zero-order chi connectivity index (χ0) is 16.4. The number of para-hydroxylation sites is 1. The number of likely N-dealkylation sites (tertiary alicyclic amines) is 1. The van der Waals surface area contributed by atoms with Gasteiger partial charge in [-0.1, -0.05) is 18.2 Å². The monoisotopic (exact) mass is 316 g/mol. The topological polar surface area (TPSA) is 49.9 Å². The molecule has 5 heteroatoms. The number of amides is 2. The first-order valence-corrected chi connectivity index (χ1v) is 8.33. The molecule has 1 aromatic rings. The number of hydrogen-bond acceptors (Lipinski definition) is 3. The summed E-state index contributed by atoms with van der Waals surface area (Å²) in [5, 5.41) is 0. The summed E-state index contributed by atoms with van der Waals surface area (Å²) in [7, 11) is 1.65. The van der Waals surface area contributed by atoms with E-state index in [0.717, 1.165) is 30.6 Å². The Morgan fingerprint density at radius 3 is 2.74 bits per heavy atom. The van der Waals surface area contributed by atoms with Crippen LogP contribution in [-0.4, -0.2) is 47.4 Å². The second-order valence-electron chi connectivity index (χ2n) is 6.38. The highest BCUT2D eigenvalue weighted by molar-refractivity contribution is 5.88. The Hall–Kier alpha value is -2.04. The third kappa shape index (κ3) is 3.33. The molecule has 1 aliphatic heterocycles. The minimum atomic E-state index is -0.375. The van der Waals surface area contributed by atoms with Gasteiger partial charge in [-0.05, 0) is 32.3 Å². The van der Waals surface area contributed by atoms with Crippen LogP contribution in [0.5, 0.6) is 5.75 Å². The summed E-state index contributed by atoms with van der Waals surface area (Å²) in [5.74, 6) is 0.948. The van der Waals surface area contributed by atoms with Crippen LogP contribution in [0.15, 0.2) is 24.3 Å². The van der Waals surface area contributed by atoms with Gasteiger partial charge in [0.2, 0.25) is 11.8 Å². The molecule has 0 unspecified atom stereocenters. The number of carbonyl (C=O) groups is 2. The highest BCUT2D eigenvalue weighted by atomic mass is 16.5. The standard InChI is InChI=1S/C18H24N2O3/c1-13(19-11-5-8-17(19)21)18(22)20(15-9-10-15)12-14-6-3-4-7-16(14)23-2/h3-4,6-7,13,15H,5,8-12H2,1-2H3/t13-/m0/s1. The number of benzene rings is 1. The Labute approximate surface area is 137 Å². The number of hydrogen-bond donors (Lipinski definition) is 0. The van der Waals surface area contributed by atoms with Crippen LogP contribution in [0.2, 0.25) is 0 Å². The van der Waals surface area contributed by atoms with Crippen molar-refractivity contribution in [1.29, 1.82) is 0 Å². The first-order chi connectivity index (χ1) is 11.1. The lowest BCUT2D eigenvalue weighted by molar-refractivity contribution is -0.143. The summed E-state index contributed by atoms with van der Waals surface area (Å²) in [5.41, 5.74) is 1.01. The molecule has 1 saturated heterocycles. The fraction of sp³-hybridized carbons (Fsp3) is 0.556. The predicted molar refractivity (Wildman–Crippen MR) is 87.0 cm³/mol. The lowest BCUT2D eigenvalue weighted by atomic mass is 10.1. The molecule has 23 heavy (non-hydrogen) atoms. The second-order valence-corrected chi connectivity index (χ2v) is 6.38. The van der Waals surface area contributed by atoms with Crippen LogP contribution in [0.3, 0.4) is 0 Å². The summed E-state index contributed by atoms with van der Waals surface area (Å²) >= 11 is 0. The molecule has 0 bridgehead atoms. The Morgan fingerprint density at radius 2 is 2.13 bits per heavy atom. The molecule has 124 valence electrons. The van der Waals surface area contributed by atoms with Crippen molar-refractivity contribution in [1.82, 2.24) is 9.80 Å². The Morgan fingerprint density at radius 1 is 1.39 bits per heavy atom. The van der Waals surface area contributed by atoms with Crippen LogP contribution >= 0.6 is 0 Å². The van der Waals surface area contributed by atoms with E-state index in [2.05, 4.69) is 0 Å². The van der Waals surface area contributed by atoms with Gasteiger partial charge in [-0.2, -0.15) is 0 Å². The van der Waals surface area contributed by atoms with Gasteiger partial charge in [0, 0.05) is 31.1 Å². The van der Waals surface area contributed by atoms with Crippen molar-refractivity contribution in [2.45, 2.75) is 51.2 Å². The van der Waals surface area contributed by atoms with Crippen molar-refractivity contribution < 1.29 is 14.3 Å². The Kier molecular flexibility index (Phi) is 4.55. The van der Waals surface area contributed by atoms with Crippen LogP contribution in [0, 0.1) is 0 Å². The first kappa shape index (κ1) is 15.8. The second kappa shape index (κ2) is 6.60. The van der Waals surface area contributed by atoms with Crippen molar-refractivity contribution >= 4 is 11.8 Å². The van der Waals surface area contributed by atoms with E-state index >= 15 is 0 Å². The summed E-state index contributed by atoms with van der Waals surface area (Å²) in [6, 6.07) is 7.72. The van der Waals surface area contributed by atoms with E-state index in [9.17, 15) is 9.59 Å². The molecule has 0 N–H and O–H groups in total. The summed E-state index contributed by atoms with van der Waals surface area (Å²) in [4.78, 5) is 28.5. The van der Waals surface area contributed by atoms with Crippen LogP contribution < -0.4 is 4.74 Å². The molecule has 2 amide bonds. The molecule has 1 aliphatic carbocycles. The average Bonchev–Trinajstić information content (AvgIpc) is 3.32. The molecule has 3 rings (SSSR count). The molecule has 2 aliphatic rings. The van der Waals surface area contributed by atoms with Gasteiger partial charge in [-0.3, -0.25) is 9.59 Å². The minimum absolute atomic E-state index is 0.0497. The molecular formula is C18H24N2O3. The smallest absolute Gasteiger partial charge is 0.245 e. The summed E-state index contributed by atoms with van der Waals surface area (Å²) in [6.45, 7) is 3.09. The Balaban J connectivity index is 1.76. The molecule has 1 aromatic carbocycles. The molecule has 0 radical (unpaired) electrons. The predicted octanol–water partition coefficient (Wildman–Crippen LogP) is 2.20. The molecule has 5 nitrogen and oxygen atoms in total.